The first kappa shape index (κ1) is 14.8. The second-order valence-corrected chi connectivity index (χ2v) is 5.90. The first-order valence-corrected chi connectivity index (χ1v) is 7.43. The Morgan fingerprint density at radius 1 is 1.21 bits per heavy atom. The van der Waals surface area contributed by atoms with Crippen molar-refractivity contribution in [1.82, 2.24) is 14.6 Å². The summed E-state index contributed by atoms with van der Waals surface area (Å²) in [5, 5.41) is 4.31. The molecule has 3 heterocycles. The molecule has 0 aliphatic carbocycles. The third-order valence-corrected chi connectivity index (χ3v) is 4.17. The van der Waals surface area contributed by atoms with Crippen LogP contribution in [0.3, 0.4) is 0 Å². The normalized spacial score (nSPS) is 20.0. The molecule has 1 aliphatic rings. The summed E-state index contributed by atoms with van der Waals surface area (Å²) < 4.78 is 43.0. The Morgan fingerprint density at radius 2 is 2.04 bits per heavy atom. The Bertz CT molecular complexity index is 908. The topological polar surface area (TPSA) is 59.5 Å². The maximum atomic E-state index is 14.0. The minimum atomic E-state index is -2.88. The predicted molar refractivity (Wildman–Crippen MR) is 83.5 cm³/mol. The van der Waals surface area contributed by atoms with Crippen LogP contribution in [-0.2, 0) is 0 Å². The van der Waals surface area contributed by atoms with Crippen molar-refractivity contribution < 1.29 is 13.2 Å². The van der Waals surface area contributed by atoms with E-state index in [2.05, 4.69) is 10.1 Å². The molecule has 5 nitrogen and oxygen atoms in total. The number of nitrogens with two attached hydrogens (primary N) is 1. The highest BCUT2D eigenvalue weighted by Crippen LogP contribution is 2.43. The molecule has 124 valence electrons. The first-order chi connectivity index (χ1) is 11.4. The Hall–Kier alpha value is -2.77. The molecule has 1 saturated heterocycles. The Kier molecular flexibility index (Phi) is 3.16. The number of hydrogen-bond acceptors (Lipinski definition) is 4. The highest BCUT2D eigenvalue weighted by molar-refractivity contribution is 5.53. The molecule has 2 aromatic heterocycles. The molecule has 8 heteroatoms. The molecule has 4 rings (SSSR count). The Labute approximate surface area is 135 Å². The molecular weight excluding hydrogens is 319 g/mol. The number of anilines is 2. The lowest BCUT2D eigenvalue weighted by Crippen LogP contribution is -2.27. The monoisotopic (exact) mass is 333 g/mol. The van der Waals surface area contributed by atoms with Crippen LogP contribution in [0.5, 0.6) is 0 Å². The van der Waals surface area contributed by atoms with Gasteiger partial charge >= 0.3 is 0 Å². The van der Waals surface area contributed by atoms with Crippen LogP contribution in [0.15, 0.2) is 42.6 Å². The van der Waals surface area contributed by atoms with Crippen LogP contribution < -0.4 is 10.6 Å². The molecule has 1 aliphatic heterocycles. The van der Waals surface area contributed by atoms with Crippen molar-refractivity contribution in [2.45, 2.75) is 18.4 Å². The van der Waals surface area contributed by atoms with Gasteiger partial charge in [0.15, 0.2) is 5.65 Å². The molecule has 0 amide bonds. The number of imidazole rings is 1. The summed E-state index contributed by atoms with van der Waals surface area (Å²) in [6.45, 7) is -0.485. The van der Waals surface area contributed by atoms with E-state index in [1.165, 1.54) is 33.8 Å². The van der Waals surface area contributed by atoms with Gasteiger partial charge in [0.05, 0.1) is 18.8 Å². The first-order valence-electron chi connectivity index (χ1n) is 7.43. The number of alkyl halides is 2. The van der Waals surface area contributed by atoms with E-state index >= 15 is 0 Å². The molecule has 0 spiro atoms. The van der Waals surface area contributed by atoms with Gasteiger partial charge in [-0.25, -0.2) is 18.2 Å². The molecule has 0 saturated carbocycles. The zero-order valence-corrected chi connectivity index (χ0v) is 12.5. The summed E-state index contributed by atoms with van der Waals surface area (Å²) in [6, 6.07) is 8.36. The fourth-order valence-electron chi connectivity index (χ4n) is 3.10. The van der Waals surface area contributed by atoms with Crippen molar-refractivity contribution in [3.63, 3.8) is 0 Å². The fourth-order valence-corrected chi connectivity index (χ4v) is 3.10. The SMILES string of the molecule is Nc1cnc2ccc(N3CC(F)(F)CC3c3cccc(F)c3)nn12. The zero-order valence-electron chi connectivity index (χ0n) is 12.5. The molecule has 1 unspecified atom stereocenters. The number of aromatic nitrogens is 3. The lowest BCUT2D eigenvalue weighted by molar-refractivity contribution is 0.0222. The van der Waals surface area contributed by atoms with Crippen LogP contribution in [0, 0.1) is 5.82 Å². The molecular formula is C16H14F3N5. The number of hydrogen-bond donors (Lipinski definition) is 1. The van der Waals surface area contributed by atoms with Gasteiger partial charge < -0.3 is 10.6 Å². The number of nitrogen functional groups attached to an aromatic ring is 1. The van der Waals surface area contributed by atoms with E-state index < -0.39 is 30.7 Å². The predicted octanol–water partition coefficient (Wildman–Crippen LogP) is 3.04. The van der Waals surface area contributed by atoms with Crippen molar-refractivity contribution in [3.8, 4) is 0 Å². The zero-order chi connectivity index (χ0) is 16.9. The molecule has 0 radical (unpaired) electrons. The number of halogens is 3. The van der Waals surface area contributed by atoms with E-state index in [4.69, 9.17) is 5.73 Å². The Balaban J connectivity index is 1.79. The van der Waals surface area contributed by atoms with E-state index in [-0.39, 0.29) is 0 Å². The van der Waals surface area contributed by atoms with Crippen molar-refractivity contribution >= 4 is 17.3 Å². The standard InChI is InChI=1S/C16H14F3N5/c17-11-3-1-2-10(6-11)12-7-16(18,19)9-23(12)15-5-4-14-21-8-13(20)24(14)22-15/h1-6,8,12H,7,9,20H2. The van der Waals surface area contributed by atoms with Gasteiger partial charge in [-0.15, -0.1) is 5.10 Å². The highest BCUT2D eigenvalue weighted by atomic mass is 19.3. The molecule has 1 aromatic carbocycles. The van der Waals surface area contributed by atoms with E-state index in [0.717, 1.165) is 0 Å². The largest absolute Gasteiger partial charge is 0.382 e. The van der Waals surface area contributed by atoms with Crippen LogP contribution in [0.2, 0.25) is 0 Å². The Morgan fingerprint density at radius 3 is 2.83 bits per heavy atom. The average molecular weight is 333 g/mol. The maximum absolute atomic E-state index is 14.0. The van der Waals surface area contributed by atoms with Crippen molar-refractivity contribution in [3.05, 3.63) is 54.0 Å². The summed E-state index contributed by atoms with van der Waals surface area (Å²) in [5.41, 5.74) is 6.81. The van der Waals surface area contributed by atoms with Crippen molar-refractivity contribution in [2.75, 3.05) is 17.2 Å². The molecule has 1 atom stereocenters. The molecule has 2 N–H and O–H groups in total. The van der Waals surface area contributed by atoms with E-state index in [1.807, 2.05) is 0 Å². The summed E-state index contributed by atoms with van der Waals surface area (Å²) in [5.74, 6) is -2.67. The molecule has 0 bridgehead atoms. The lowest BCUT2D eigenvalue weighted by Gasteiger charge is -2.25. The summed E-state index contributed by atoms with van der Waals surface area (Å²) in [7, 11) is 0. The van der Waals surface area contributed by atoms with Gasteiger partial charge in [-0.2, -0.15) is 4.52 Å². The van der Waals surface area contributed by atoms with Gasteiger partial charge in [0, 0.05) is 6.42 Å². The van der Waals surface area contributed by atoms with Crippen molar-refractivity contribution in [2.24, 2.45) is 0 Å². The minimum Gasteiger partial charge on any atom is -0.382 e. The smallest absolute Gasteiger partial charge is 0.267 e. The van der Waals surface area contributed by atoms with Crippen LogP contribution in [0.1, 0.15) is 18.0 Å². The van der Waals surface area contributed by atoms with Gasteiger partial charge in [-0.1, -0.05) is 12.1 Å². The molecule has 24 heavy (non-hydrogen) atoms. The van der Waals surface area contributed by atoms with Crippen LogP contribution in [0.25, 0.3) is 5.65 Å². The van der Waals surface area contributed by atoms with Crippen LogP contribution in [0.4, 0.5) is 24.8 Å². The number of fused-ring (bicyclic) bond motifs is 1. The average Bonchev–Trinajstić information content (AvgIpc) is 3.07. The van der Waals surface area contributed by atoms with E-state index in [1.54, 1.807) is 18.2 Å². The molecule has 1 fully saturated rings. The second kappa shape index (κ2) is 5.12. The van der Waals surface area contributed by atoms with E-state index in [9.17, 15) is 13.2 Å². The lowest BCUT2D eigenvalue weighted by atomic mass is 10.0. The summed E-state index contributed by atoms with van der Waals surface area (Å²) in [4.78, 5) is 5.54. The maximum Gasteiger partial charge on any atom is 0.267 e. The highest BCUT2D eigenvalue weighted by Gasteiger charge is 2.46. The molecule has 3 aromatic rings. The quantitative estimate of drug-likeness (QED) is 0.783. The van der Waals surface area contributed by atoms with Gasteiger partial charge in [0.1, 0.15) is 17.5 Å². The third-order valence-electron chi connectivity index (χ3n) is 4.17. The van der Waals surface area contributed by atoms with Gasteiger partial charge in [-0.05, 0) is 29.8 Å². The summed E-state index contributed by atoms with van der Waals surface area (Å²) in [6.07, 6.45) is 1.06. The third kappa shape index (κ3) is 2.44. The van der Waals surface area contributed by atoms with Gasteiger partial charge in [0.25, 0.3) is 5.92 Å². The number of nitrogens with zero attached hydrogens (tertiary/aromatic N) is 4. The van der Waals surface area contributed by atoms with Crippen molar-refractivity contribution in [1.29, 1.82) is 0 Å². The fraction of sp³-hybridized carbons (Fsp3) is 0.250. The van der Waals surface area contributed by atoms with E-state index in [0.29, 0.717) is 22.8 Å². The van der Waals surface area contributed by atoms with Crippen LogP contribution in [-0.4, -0.2) is 27.1 Å². The van der Waals surface area contributed by atoms with Crippen LogP contribution >= 0.6 is 0 Å². The number of rotatable bonds is 2. The number of benzene rings is 1. The van der Waals surface area contributed by atoms with Gasteiger partial charge in [0.2, 0.25) is 0 Å². The summed E-state index contributed by atoms with van der Waals surface area (Å²) >= 11 is 0. The second-order valence-electron chi connectivity index (χ2n) is 5.90. The van der Waals surface area contributed by atoms with Gasteiger partial charge in [-0.3, -0.25) is 0 Å². The minimum absolute atomic E-state index is 0.320.